The Labute approximate surface area is 128 Å². The molecule has 112 valence electrons. The van der Waals surface area contributed by atoms with E-state index < -0.39 is 0 Å². The summed E-state index contributed by atoms with van der Waals surface area (Å²) >= 11 is 0. The number of hydrogen-bond acceptors (Lipinski definition) is 2. The van der Waals surface area contributed by atoms with Gasteiger partial charge in [0.25, 0.3) is 0 Å². The van der Waals surface area contributed by atoms with Crippen LogP contribution in [-0.4, -0.2) is 13.7 Å². The maximum Gasteiger partial charge on any atom is 0.119 e. The molecular formula is C19H25NO. The van der Waals surface area contributed by atoms with Crippen molar-refractivity contribution in [2.75, 3.05) is 13.7 Å². The van der Waals surface area contributed by atoms with E-state index in [1.54, 1.807) is 0 Å². The molecule has 0 spiro atoms. The molecule has 0 bridgehead atoms. The predicted octanol–water partition coefficient (Wildman–Crippen LogP) is 4.46. The summed E-state index contributed by atoms with van der Waals surface area (Å²) < 4.78 is 5.97. The monoisotopic (exact) mass is 283 g/mol. The SMILES string of the molecule is CNC(COc1ccc(C(C)C)c(C)c1)c1ccccc1. The van der Waals surface area contributed by atoms with Crippen molar-refractivity contribution in [1.29, 1.82) is 0 Å². The first-order valence-corrected chi connectivity index (χ1v) is 7.57. The van der Waals surface area contributed by atoms with E-state index in [1.807, 2.05) is 13.1 Å². The van der Waals surface area contributed by atoms with E-state index in [2.05, 4.69) is 68.6 Å². The second kappa shape index (κ2) is 7.28. The van der Waals surface area contributed by atoms with Gasteiger partial charge in [0, 0.05) is 0 Å². The third-order valence-corrected chi connectivity index (χ3v) is 3.83. The van der Waals surface area contributed by atoms with Crippen LogP contribution in [0.4, 0.5) is 0 Å². The Morgan fingerprint density at radius 3 is 2.33 bits per heavy atom. The van der Waals surface area contributed by atoms with Crippen LogP contribution >= 0.6 is 0 Å². The van der Waals surface area contributed by atoms with Crippen LogP contribution in [-0.2, 0) is 0 Å². The van der Waals surface area contributed by atoms with Gasteiger partial charge in [-0.1, -0.05) is 50.2 Å². The summed E-state index contributed by atoms with van der Waals surface area (Å²) in [6, 6.07) is 17.0. The van der Waals surface area contributed by atoms with Gasteiger partial charge in [0.05, 0.1) is 6.04 Å². The Hall–Kier alpha value is -1.80. The summed E-state index contributed by atoms with van der Waals surface area (Å²) in [5, 5.41) is 3.31. The van der Waals surface area contributed by atoms with Gasteiger partial charge in [0.2, 0.25) is 0 Å². The number of ether oxygens (including phenoxy) is 1. The van der Waals surface area contributed by atoms with Gasteiger partial charge in [-0.15, -0.1) is 0 Å². The van der Waals surface area contributed by atoms with Crippen LogP contribution in [0.5, 0.6) is 5.75 Å². The lowest BCUT2D eigenvalue weighted by atomic mass is 9.98. The minimum Gasteiger partial charge on any atom is -0.492 e. The molecule has 0 amide bonds. The molecule has 2 aromatic carbocycles. The van der Waals surface area contributed by atoms with Gasteiger partial charge in [-0.3, -0.25) is 0 Å². The maximum atomic E-state index is 5.97. The molecule has 0 aliphatic carbocycles. The Morgan fingerprint density at radius 2 is 1.76 bits per heavy atom. The Morgan fingerprint density at radius 1 is 1.05 bits per heavy atom. The van der Waals surface area contributed by atoms with Gasteiger partial charge in [0.1, 0.15) is 12.4 Å². The largest absolute Gasteiger partial charge is 0.492 e. The molecule has 0 aliphatic heterocycles. The van der Waals surface area contributed by atoms with Crippen molar-refractivity contribution >= 4 is 0 Å². The fourth-order valence-corrected chi connectivity index (χ4v) is 2.60. The fraction of sp³-hybridized carbons (Fsp3) is 0.368. The lowest BCUT2D eigenvalue weighted by molar-refractivity contribution is 0.273. The first-order chi connectivity index (χ1) is 10.1. The number of rotatable bonds is 6. The zero-order valence-corrected chi connectivity index (χ0v) is 13.4. The molecule has 0 radical (unpaired) electrons. The molecule has 0 heterocycles. The van der Waals surface area contributed by atoms with Crippen molar-refractivity contribution in [3.63, 3.8) is 0 Å². The average molecular weight is 283 g/mol. The predicted molar refractivity (Wildman–Crippen MR) is 89.0 cm³/mol. The van der Waals surface area contributed by atoms with Crippen LogP contribution in [0.25, 0.3) is 0 Å². The second-order valence-corrected chi connectivity index (χ2v) is 5.74. The molecule has 2 heteroatoms. The van der Waals surface area contributed by atoms with Gasteiger partial charge < -0.3 is 10.1 Å². The summed E-state index contributed by atoms with van der Waals surface area (Å²) in [5.74, 6) is 1.49. The summed E-state index contributed by atoms with van der Waals surface area (Å²) in [5.41, 5.74) is 3.93. The minimum atomic E-state index is 0.205. The third-order valence-electron chi connectivity index (χ3n) is 3.83. The fourth-order valence-electron chi connectivity index (χ4n) is 2.60. The number of hydrogen-bond donors (Lipinski definition) is 1. The maximum absolute atomic E-state index is 5.97. The van der Waals surface area contributed by atoms with Crippen molar-refractivity contribution < 1.29 is 4.74 Å². The molecule has 2 nitrogen and oxygen atoms in total. The Kier molecular flexibility index (Phi) is 5.40. The van der Waals surface area contributed by atoms with E-state index in [0.717, 1.165) is 5.75 Å². The molecule has 0 saturated heterocycles. The standard InChI is InChI=1S/C19H25NO/c1-14(2)18-11-10-17(12-15(18)3)21-13-19(20-4)16-8-6-5-7-9-16/h5-12,14,19-20H,13H2,1-4H3. The van der Waals surface area contributed by atoms with Gasteiger partial charge in [-0.2, -0.15) is 0 Å². The smallest absolute Gasteiger partial charge is 0.119 e. The lowest BCUT2D eigenvalue weighted by Crippen LogP contribution is -2.23. The molecule has 2 rings (SSSR count). The van der Waals surface area contributed by atoms with E-state index in [9.17, 15) is 0 Å². The van der Waals surface area contributed by atoms with Crippen molar-refractivity contribution in [2.45, 2.75) is 32.7 Å². The lowest BCUT2D eigenvalue weighted by Gasteiger charge is -2.18. The van der Waals surface area contributed by atoms with Crippen LogP contribution in [0.3, 0.4) is 0 Å². The van der Waals surface area contributed by atoms with E-state index in [1.165, 1.54) is 16.7 Å². The van der Waals surface area contributed by atoms with Gasteiger partial charge in [-0.05, 0) is 48.7 Å². The summed E-state index contributed by atoms with van der Waals surface area (Å²) in [6.45, 7) is 7.21. The Bertz CT molecular complexity index is 563. The number of benzene rings is 2. The number of likely N-dealkylation sites (N-methyl/N-ethyl adjacent to an activating group) is 1. The molecule has 1 atom stereocenters. The van der Waals surface area contributed by atoms with Gasteiger partial charge in [-0.25, -0.2) is 0 Å². The Balaban J connectivity index is 2.03. The number of nitrogens with one attached hydrogen (secondary N) is 1. The highest BCUT2D eigenvalue weighted by molar-refractivity contribution is 5.36. The van der Waals surface area contributed by atoms with E-state index in [4.69, 9.17) is 4.74 Å². The topological polar surface area (TPSA) is 21.3 Å². The minimum absolute atomic E-state index is 0.205. The molecule has 0 aromatic heterocycles. The molecule has 0 saturated carbocycles. The van der Waals surface area contributed by atoms with Crippen molar-refractivity contribution in [1.82, 2.24) is 5.32 Å². The number of aryl methyl sites for hydroxylation is 1. The quantitative estimate of drug-likeness (QED) is 0.845. The molecule has 21 heavy (non-hydrogen) atoms. The van der Waals surface area contributed by atoms with Crippen molar-refractivity contribution in [3.8, 4) is 5.75 Å². The van der Waals surface area contributed by atoms with Crippen LogP contribution in [0.15, 0.2) is 48.5 Å². The highest BCUT2D eigenvalue weighted by Gasteiger charge is 2.10. The van der Waals surface area contributed by atoms with Crippen molar-refractivity contribution in [2.24, 2.45) is 0 Å². The zero-order chi connectivity index (χ0) is 15.2. The highest BCUT2D eigenvalue weighted by Crippen LogP contribution is 2.24. The van der Waals surface area contributed by atoms with Gasteiger partial charge in [0.15, 0.2) is 0 Å². The third kappa shape index (κ3) is 4.08. The van der Waals surface area contributed by atoms with Crippen LogP contribution in [0, 0.1) is 6.92 Å². The first kappa shape index (κ1) is 15.6. The normalized spacial score (nSPS) is 12.4. The second-order valence-electron chi connectivity index (χ2n) is 5.74. The average Bonchev–Trinajstić information content (AvgIpc) is 2.48. The molecule has 2 aromatic rings. The summed E-state index contributed by atoms with van der Waals surface area (Å²) in [6.07, 6.45) is 0. The van der Waals surface area contributed by atoms with E-state index in [-0.39, 0.29) is 6.04 Å². The highest BCUT2D eigenvalue weighted by atomic mass is 16.5. The first-order valence-electron chi connectivity index (χ1n) is 7.57. The molecule has 0 aliphatic rings. The van der Waals surface area contributed by atoms with Crippen molar-refractivity contribution in [3.05, 3.63) is 65.2 Å². The van der Waals surface area contributed by atoms with Gasteiger partial charge >= 0.3 is 0 Å². The molecule has 0 fully saturated rings. The summed E-state index contributed by atoms with van der Waals surface area (Å²) in [4.78, 5) is 0. The van der Waals surface area contributed by atoms with E-state index in [0.29, 0.717) is 12.5 Å². The zero-order valence-electron chi connectivity index (χ0n) is 13.4. The van der Waals surface area contributed by atoms with Crippen LogP contribution in [0.2, 0.25) is 0 Å². The summed E-state index contributed by atoms with van der Waals surface area (Å²) in [7, 11) is 1.97. The molecular weight excluding hydrogens is 258 g/mol. The van der Waals surface area contributed by atoms with E-state index >= 15 is 0 Å². The molecule has 1 N–H and O–H groups in total. The van der Waals surface area contributed by atoms with Crippen LogP contribution in [0.1, 0.15) is 42.5 Å². The van der Waals surface area contributed by atoms with Crippen LogP contribution < -0.4 is 10.1 Å². The molecule has 1 unspecified atom stereocenters.